The van der Waals surface area contributed by atoms with Crippen molar-refractivity contribution in [3.05, 3.63) is 93.7 Å². The summed E-state index contributed by atoms with van der Waals surface area (Å²) in [7, 11) is 0. The van der Waals surface area contributed by atoms with Crippen LogP contribution in [0.15, 0.2) is 72.1 Å². The summed E-state index contributed by atoms with van der Waals surface area (Å²) in [6.07, 6.45) is 0. The van der Waals surface area contributed by atoms with Crippen LogP contribution in [0.1, 0.15) is 40.6 Å². The average Bonchev–Trinajstić information content (AvgIpc) is 3.19. The number of hydrogen-bond acceptors (Lipinski definition) is 3. The van der Waals surface area contributed by atoms with E-state index in [-0.39, 0.29) is 24.5 Å². The normalized spacial score (nSPS) is 13.2. The number of nitrogens with one attached hydrogen (secondary N) is 2. The molecule has 0 fully saturated rings. The predicted octanol–water partition coefficient (Wildman–Crippen LogP) is 4.61. The van der Waals surface area contributed by atoms with Crippen LogP contribution in [0.4, 0.5) is 0 Å². The van der Waals surface area contributed by atoms with E-state index >= 15 is 0 Å². The van der Waals surface area contributed by atoms with Gasteiger partial charge in [0.25, 0.3) is 0 Å². The molecule has 26 heavy (non-hydrogen) atoms. The Kier molecular flexibility index (Phi) is 6.21. The second kappa shape index (κ2) is 8.79. The summed E-state index contributed by atoms with van der Waals surface area (Å²) >= 11 is 1.66. The molecule has 0 aliphatic rings. The van der Waals surface area contributed by atoms with Crippen molar-refractivity contribution in [3.8, 4) is 0 Å². The molecule has 3 rings (SSSR count). The molecule has 1 aromatic heterocycles. The first-order valence-electron chi connectivity index (χ1n) is 8.81. The molecular formula is C22H24N2OS. The van der Waals surface area contributed by atoms with Crippen molar-refractivity contribution in [2.24, 2.45) is 0 Å². The van der Waals surface area contributed by atoms with Crippen LogP contribution in [0.5, 0.6) is 0 Å². The molecule has 0 unspecified atom stereocenters. The Balaban J connectivity index is 1.68. The van der Waals surface area contributed by atoms with E-state index in [0.29, 0.717) is 0 Å². The first kappa shape index (κ1) is 18.4. The smallest absolute Gasteiger partial charge is 0.234 e. The van der Waals surface area contributed by atoms with Crippen LogP contribution in [0.25, 0.3) is 0 Å². The van der Waals surface area contributed by atoms with Crippen molar-refractivity contribution in [1.29, 1.82) is 0 Å². The third-order valence-corrected chi connectivity index (χ3v) is 5.41. The van der Waals surface area contributed by atoms with Crippen molar-refractivity contribution in [2.45, 2.75) is 25.9 Å². The third-order valence-electron chi connectivity index (χ3n) is 4.36. The van der Waals surface area contributed by atoms with Crippen molar-refractivity contribution in [2.75, 3.05) is 6.54 Å². The van der Waals surface area contributed by atoms with Crippen molar-refractivity contribution < 1.29 is 4.79 Å². The highest BCUT2D eigenvalue weighted by atomic mass is 32.1. The molecule has 0 saturated carbocycles. The van der Waals surface area contributed by atoms with Gasteiger partial charge in [-0.25, -0.2) is 0 Å². The zero-order chi connectivity index (χ0) is 18.4. The summed E-state index contributed by atoms with van der Waals surface area (Å²) in [5.41, 5.74) is 3.53. The summed E-state index contributed by atoms with van der Waals surface area (Å²) < 4.78 is 0. The molecule has 3 nitrogen and oxygen atoms in total. The topological polar surface area (TPSA) is 41.1 Å². The number of carbonyl (C=O) groups is 1. The molecule has 2 N–H and O–H groups in total. The zero-order valence-corrected chi connectivity index (χ0v) is 15.9. The first-order chi connectivity index (χ1) is 12.6. The van der Waals surface area contributed by atoms with Gasteiger partial charge in [-0.05, 0) is 36.4 Å². The average molecular weight is 365 g/mol. The summed E-state index contributed by atoms with van der Waals surface area (Å²) in [4.78, 5) is 13.6. The lowest BCUT2D eigenvalue weighted by atomic mass is 9.98. The van der Waals surface area contributed by atoms with Crippen molar-refractivity contribution in [1.82, 2.24) is 10.6 Å². The van der Waals surface area contributed by atoms with Crippen LogP contribution in [-0.4, -0.2) is 12.5 Å². The van der Waals surface area contributed by atoms with Crippen molar-refractivity contribution >= 4 is 17.2 Å². The van der Waals surface area contributed by atoms with Gasteiger partial charge in [0.2, 0.25) is 5.91 Å². The van der Waals surface area contributed by atoms with E-state index in [1.54, 1.807) is 11.3 Å². The Morgan fingerprint density at radius 3 is 2.31 bits per heavy atom. The van der Waals surface area contributed by atoms with E-state index in [0.717, 1.165) is 16.0 Å². The van der Waals surface area contributed by atoms with Crippen LogP contribution in [0.2, 0.25) is 0 Å². The molecule has 1 heterocycles. The fraction of sp³-hybridized carbons (Fsp3) is 0.227. The minimum absolute atomic E-state index is 0.000979. The fourth-order valence-corrected chi connectivity index (χ4v) is 3.66. The van der Waals surface area contributed by atoms with E-state index in [1.165, 1.54) is 5.56 Å². The standard InChI is InChI=1S/C22H24N2OS/c1-16-10-12-19(13-11-16)22(18-7-4-3-5-8-18)23-15-21(25)24-17(2)20-9-6-14-26-20/h3-14,17,22-23H,15H2,1-2H3,(H,24,25)/t17-,22-/m1/s1. The number of benzene rings is 2. The Morgan fingerprint density at radius 2 is 1.65 bits per heavy atom. The molecule has 2 atom stereocenters. The number of thiophene rings is 1. The Morgan fingerprint density at radius 1 is 0.962 bits per heavy atom. The Hall–Kier alpha value is -2.43. The fourth-order valence-electron chi connectivity index (χ4n) is 2.93. The molecule has 0 bridgehead atoms. The van der Waals surface area contributed by atoms with Gasteiger partial charge in [-0.1, -0.05) is 66.2 Å². The summed E-state index contributed by atoms with van der Waals surface area (Å²) in [6, 6.07) is 22.7. The maximum Gasteiger partial charge on any atom is 0.234 e. The highest BCUT2D eigenvalue weighted by Crippen LogP contribution is 2.22. The number of amides is 1. The molecule has 0 spiro atoms. The minimum atomic E-state index is -0.0143. The molecule has 0 aliphatic heterocycles. The van der Waals surface area contributed by atoms with Gasteiger partial charge in [0.15, 0.2) is 0 Å². The van der Waals surface area contributed by atoms with Crippen LogP contribution in [0, 0.1) is 6.92 Å². The molecule has 0 radical (unpaired) electrons. The van der Waals surface area contributed by atoms with Gasteiger partial charge in [0, 0.05) is 4.88 Å². The van der Waals surface area contributed by atoms with E-state index in [4.69, 9.17) is 0 Å². The van der Waals surface area contributed by atoms with Gasteiger partial charge in [-0.2, -0.15) is 0 Å². The quantitative estimate of drug-likeness (QED) is 0.643. The molecule has 2 aromatic carbocycles. The lowest BCUT2D eigenvalue weighted by Gasteiger charge is -2.21. The van der Waals surface area contributed by atoms with E-state index < -0.39 is 0 Å². The molecule has 0 saturated heterocycles. The van der Waals surface area contributed by atoms with Gasteiger partial charge in [-0.15, -0.1) is 11.3 Å². The molecule has 0 aliphatic carbocycles. The lowest BCUT2D eigenvalue weighted by molar-refractivity contribution is -0.120. The van der Waals surface area contributed by atoms with Crippen molar-refractivity contribution in [3.63, 3.8) is 0 Å². The van der Waals surface area contributed by atoms with Gasteiger partial charge >= 0.3 is 0 Å². The highest BCUT2D eigenvalue weighted by molar-refractivity contribution is 7.10. The molecule has 1 amide bonds. The maximum atomic E-state index is 12.4. The second-order valence-electron chi connectivity index (χ2n) is 6.44. The first-order valence-corrected chi connectivity index (χ1v) is 9.69. The molecular weight excluding hydrogens is 340 g/mol. The molecule has 4 heteroatoms. The van der Waals surface area contributed by atoms with E-state index in [9.17, 15) is 4.79 Å². The lowest BCUT2D eigenvalue weighted by Crippen LogP contribution is -2.37. The summed E-state index contributed by atoms with van der Waals surface area (Å²) in [5.74, 6) is -0.000979. The predicted molar refractivity (Wildman–Crippen MR) is 108 cm³/mol. The van der Waals surface area contributed by atoms with Gasteiger partial charge in [-0.3, -0.25) is 10.1 Å². The van der Waals surface area contributed by atoms with Gasteiger partial charge in [0.1, 0.15) is 0 Å². The summed E-state index contributed by atoms with van der Waals surface area (Å²) in [6.45, 7) is 4.36. The number of hydrogen-bond donors (Lipinski definition) is 2. The van der Waals surface area contributed by atoms with E-state index in [2.05, 4.69) is 54.0 Å². The Labute approximate surface area is 159 Å². The van der Waals surface area contributed by atoms with Gasteiger partial charge < -0.3 is 5.32 Å². The number of rotatable bonds is 7. The zero-order valence-electron chi connectivity index (χ0n) is 15.1. The largest absolute Gasteiger partial charge is 0.348 e. The van der Waals surface area contributed by atoms with Crippen LogP contribution >= 0.6 is 11.3 Å². The third kappa shape index (κ3) is 4.81. The monoisotopic (exact) mass is 364 g/mol. The maximum absolute atomic E-state index is 12.4. The minimum Gasteiger partial charge on any atom is -0.348 e. The SMILES string of the molecule is Cc1ccc([C@H](NCC(=O)N[C@H](C)c2cccs2)c2ccccc2)cc1. The van der Waals surface area contributed by atoms with Crippen LogP contribution < -0.4 is 10.6 Å². The van der Waals surface area contributed by atoms with Crippen LogP contribution in [0.3, 0.4) is 0 Å². The van der Waals surface area contributed by atoms with Gasteiger partial charge in [0.05, 0.1) is 18.6 Å². The summed E-state index contributed by atoms with van der Waals surface area (Å²) in [5, 5.41) is 8.50. The van der Waals surface area contributed by atoms with Crippen LogP contribution in [-0.2, 0) is 4.79 Å². The highest BCUT2D eigenvalue weighted by Gasteiger charge is 2.16. The second-order valence-corrected chi connectivity index (χ2v) is 7.42. The van der Waals surface area contributed by atoms with E-state index in [1.807, 2.05) is 42.6 Å². The molecule has 3 aromatic rings. The Bertz CT molecular complexity index is 813. The number of carbonyl (C=O) groups excluding carboxylic acids is 1. The molecule has 134 valence electrons. The number of aryl methyl sites for hydroxylation is 1.